The number of pyridine rings is 1. The zero-order chi connectivity index (χ0) is 20.2. The summed E-state index contributed by atoms with van der Waals surface area (Å²) in [7, 11) is 1.81. The van der Waals surface area contributed by atoms with E-state index in [1.807, 2.05) is 19.2 Å². The molecule has 1 fully saturated rings. The minimum atomic E-state index is -0.628. The topological polar surface area (TPSA) is 72.9 Å². The molecular weight excluding hydrogens is 384 g/mol. The lowest BCUT2D eigenvalue weighted by atomic mass is 9.65. The van der Waals surface area contributed by atoms with Crippen molar-refractivity contribution in [3.05, 3.63) is 52.8 Å². The highest BCUT2D eigenvalue weighted by atomic mass is 35.5. The number of halogens is 1. The number of nitrogens with two attached hydrogens (primary N) is 1. The van der Waals surface area contributed by atoms with Crippen LogP contribution in [0.4, 0.5) is 0 Å². The van der Waals surface area contributed by atoms with E-state index in [-0.39, 0.29) is 5.41 Å². The molecule has 5 nitrogen and oxygen atoms in total. The molecule has 2 aromatic rings. The molecule has 150 valence electrons. The van der Waals surface area contributed by atoms with Crippen molar-refractivity contribution in [1.82, 2.24) is 4.98 Å². The van der Waals surface area contributed by atoms with Gasteiger partial charge in [-0.2, -0.15) is 0 Å². The lowest BCUT2D eigenvalue weighted by molar-refractivity contribution is -0.000372. The fourth-order valence-electron chi connectivity index (χ4n) is 5.42. The number of benzene rings is 1. The maximum absolute atomic E-state index is 6.27. The summed E-state index contributed by atoms with van der Waals surface area (Å²) >= 11 is 6.18. The molecule has 1 atom stereocenters. The largest absolute Gasteiger partial charge is 0.382 e. The van der Waals surface area contributed by atoms with Gasteiger partial charge in [0.25, 0.3) is 0 Å². The maximum atomic E-state index is 6.27. The summed E-state index contributed by atoms with van der Waals surface area (Å²) in [6.45, 7) is 1.96. The number of aromatic nitrogens is 1. The van der Waals surface area contributed by atoms with E-state index < -0.39 is 5.66 Å². The third-order valence-corrected chi connectivity index (χ3v) is 7.20. The molecule has 2 N–H and O–H groups in total. The highest BCUT2D eigenvalue weighted by molar-refractivity contribution is 6.41. The minimum Gasteiger partial charge on any atom is -0.382 e. The van der Waals surface area contributed by atoms with E-state index >= 15 is 0 Å². The number of rotatable bonds is 2. The van der Waals surface area contributed by atoms with E-state index in [2.05, 4.69) is 23.2 Å². The second kappa shape index (κ2) is 6.64. The van der Waals surface area contributed by atoms with E-state index in [0.29, 0.717) is 17.0 Å². The number of aliphatic imine (C=N–C) groups is 2. The fraction of sp³-hybridized carbons (Fsp3) is 0.435. The summed E-state index contributed by atoms with van der Waals surface area (Å²) in [5, 5.41) is 0.629. The molecule has 1 aromatic heterocycles. The summed E-state index contributed by atoms with van der Waals surface area (Å²) in [4.78, 5) is 14.4. The van der Waals surface area contributed by atoms with Gasteiger partial charge in [0.05, 0.1) is 16.8 Å². The molecule has 0 amide bonds. The molecular formula is C23H25ClN4O. The lowest BCUT2D eigenvalue weighted by Crippen LogP contribution is -2.43. The molecule has 2 spiro atoms. The Hall–Kier alpha value is -2.24. The van der Waals surface area contributed by atoms with Gasteiger partial charge in [-0.1, -0.05) is 23.7 Å². The van der Waals surface area contributed by atoms with Crippen LogP contribution >= 0.6 is 11.6 Å². The van der Waals surface area contributed by atoms with Gasteiger partial charge in [0.1, 0.15) is 5.84 Å². The first-order valence-corrected chi connectivity index (χ1v) is 10.5. The van der Waals surface area contributed by atoms with E-state index in [1.165, 1.54) is 11.1 Å². The Morgan fingerprint density at radius 1 is 1.10 bits per heavy atom. The minimum absolute atomic E-state index is 0.0437. The van der Waals surface area contributed by atoms with Crippen molar-refractivity contribution in [2.45, 2.75) is 50.8 Å². The van der Waals surface area contributed by atoms with Crippen LogP contribution in [0.3, 0.4) is 0 Å². The van der Waals surface area contributed by atoms with Crippen molar-refractivity contribution >= 4 is 23.1 Å². The average Bonchev–Trinajstić information content (AvgIpc) is 3.16. The summed E-state index contributed by atoms with van der Waals surface area (Å²) in [5.41, 5.74) is 11.0. The molecule has 1 aromatic carbocycles. The van der Waals surface area contributed by atoms with Gasteiger partial charge in [0, 0.05) is 36.0 Å². The molecule has 1 saturated carbocycles. The van der Waals surface area contributed by atoms with Crippen molar-refractivity contribution in [2.75, 3.05) is 7.11 Å². The number of fused-ring (bicyclic) bond motifs is 3. The van der Waals surface area contributed by atoms with Crippen molar-refractivity contribution < 1.29 is 4.74 Å². The van der Waals surface area contributed by atoms with Crippen molar-refractivity contribution in [3.63, 3.8) is 0 Å². The Bertz CT molecular complexity index is 1020. The van der Waals surface area contributed by atoms with Gasteiger partial charge in [-0.25, -0.2) is 4.99 Å². The second-order valence-corrected chi connectivity index (χ2v) is 8.96. The molecule has 6 heteroatoms. The van der Waals surface area contributed by atoms with Crippen LogP contribution in [0, 0.1) is 5.41 Å². The van der Waals surface area contributed by atoms with Crippen LogP contribution in [0.15, 0.2) is 46.6 Å². The second-order valence-electron chi connectivity index (χ2n) is 8.52. The molecule has 1 aliphatic heterocycles. The van der Waals surface area contributed by atoms with Gasteiger partial charge in [0.15, 0.2) is 5.66 Å². The van der Waals surface area contributed by atoms with Crippen molar-refractivity contribution in [1.29, 1.82) is 0 Å². The molecule has 3 aliphatic rings. The number of amidine groups is 1. The van der Waals surface area contributed by atoms with Crippen LogP contribution in [-0.4, -0.2) is 29.7 Å². The number of hydrogen-bond donors (Lipinski definition) is 1. The summed E-state index contributed by atoms with van der Waals surface area (Å²) in [6, 6.07) is 8.54. The smallest absolute Gasteiger partial charge is 0.184 e. The van der Waals surface area contributed by atoms with Crippen LogP contribution < -0.4 is 5.73 Å². The Morgan fingerprint density at radius 2 is 1.90 bits per heavy atom. The van der Waals surface area contributed by atoms with Crippen LogP contribution in [-0.2, 0) is 16.8 Å². The van der Waals surface area contributed by atoms with Gasteiger partial charge < -0.3 is 10.5 Å². The highest BCUT2D eigenvalue weighted by Crippen LogP contribution is 2.62. The Kier molecular flexibility index (Phi) is 4.30. The van der Waals surface area contributed by atoms with E-state index in [1.54, 1.807) is 13.3 Å². The van der Waals surface area contributed by atoms with Crippen LogP contribution in [0.25, 0.3) is 11.1 Å². The quantitative estimate of drug-likeness (QED) is 0.793. The molecule has 0 bridgehead atoms. The number of hydrogen-bond acceptors (Lipinski definition) is 5. The summed E-state index contributed by atoms with van der Waals surface area (Å²) in [6.07, 6.45) is 8.91. The van der Waals surface area contributed by atoms with Gasteiger partial charge in [-0.15, -0.1) is 0 Å². The zero-order valence-electron chi connectivity index (χ0n) is 16.8. The third kappa shape index (κ3) is 2.75. The van der Waals surface area contributed by atoms with Gasteiger partial charge in [0.2, 0.25) is 0 Å². The lowest BCUT2D eigenvalue weighted by Gasteiger charge is -2.44. The average molecular weight is 409 g/mol. The predicted octanol–water partition coefficient (Wildman–Crippen LogP) is 4.52. The van der Waals surface area contributed by atoms with Gasteiger partial charge in [-0.05, 0) is 62.3 Å². The molecule has 29 heavy (non-hydrogen) atoms. The monoisotopic (exact) mass is 408 g/mol. The van der Waals surface area contributed by atoms with Gasteiger partial charge in [-0.3, -0.25) is 9.98 Å². The van der Waals surface area contributed by atoms with E-state index in [9.17, 15) is 0 Å². The van der Waals surface area contributed by atoms with Crippen molar-refractivity contribution in [3.8, 4) is 11.1 Å². The highest BCUT2D eigenvalue weighted by Gasteiger charge is 2.60. The van der Waals surface area contributed by atoms with Crippen LogP contribution in [0.5, 0.6) is 0 Å². The number of ether oxygens (including phenoxy) is 1. The molecule has 0 unspecified atom stereocenters. The number of nitrogens with zero attached hydrogens (tertiary/aromatic N) is 3. The first kappa shape index (κ1) is 18.8. The van der Waals surface area contributed by atoms with Crippen LogP contribution in [0.2, 0.25) is 5.02 Å². The first-order valence-electron chi connectivity index (χ1n) is 10.2. The number of methoxy groups -OCH3 is 1. The standard InChI is InChI=1S/C23H25ClN4O/c1-14-21(25)28-23(27-14)20-10-15(17-9-18(24)13-26-12-17)3-4-16(20)11-22(23)7-5-19(29-2)6-8-22/h3-4,9-10,12-13,19H,5-8,11H2,1-2H3,(H2,25,28)/t19?,22?,23-/m0/s1. The molecule has 0 saturated heterocycles. The molecule has 2 heterocycles. The Morgan fingerprint density at radius 3 is 2.55 bits per heavy atom. The zero-order valence-corrected chi connectivity index (χ0v) is 17.5. The summed E-state index contributed by atoms with van der Waals surface area (Å²) < 4.78 is 5.64. The maximum Gasteiger partial charge on any atom is 0.184 e. The molecule has 0 radical (unpaired) electrons. The molecule has 5 rings (SSSR count). The Balaban J connectivity index is 1.65. The fourth-order valence-corrected chi connectivity index (χ4v) is 5.59. The first-order chi connectivity index (χ1) is 14.0. The predicted molar refractivity (Wildman–Crippen MR) is 116 cm³/mol. The van der Waals surface area contributed by atoms with E-state index in [4.69, 9.17) is 32.1 Å². The van der Waals surface area contributed by atoms with Gasteiger partial charge >= 0.3 is 0 Å². The summed E-state index contributed by atoms with van der Waals surface area (Å²) in [5.74, 6) is 0.556. The molecule has 2 aliphatic carbocycles. The SMILES string of the molecule is COC1CCC2(CC1)Cc1ccc(-c3cncc(Cl)c3)cc1[C@@]21N=C(C)C(N)=N1. The third-order valence-electron chi connectivity index (χ3n) is 7.00. The van der Waals surface area contributed by atoms with Crippen LogP contribution in [0.1, 0.15) is 43.7 Å². The van der Waals surface area contributed by atoms with E-state index in [0.717, 1.165) is 48.9 Å². The normalized spacial score (nSPS) is 30.5. The van der Waals surface area contributed by atoms with Crippen molar-refractivity contribution in [2.24, 2.45) is 21.1 Å². The Labute approximate surface area is 176 Å².